The summed E-state index contributed by atoms with van der Waals surface area (Å²) in [5, 5.41) is 3.32. The topological polar surface area (TPSA) is 41.6 Å². The molecule has 1 aromatic rings. The van der Waals surface area contributed by atoms with Crippen LogP contribution in [0.25, 0.3) is 0 Å². The molecular weight excluding hydrogens is 350 g/mol. The molecule has 1 atom stereocenters. The predicted molar refractivity (Wildman–Crippen MR) is 94.0 cm³/mol. The van der Waals surface area contributed by atoms with Crippen LogP contribution < -0.4 is 10.1 Å². The molecule has 2 saturated heterocycles. The number of ether oxygens (including phenoxy) is 1. The lowest BCUT2D eigenvalue weighted by molar-refractivity contribution is -0.133. The van der Waals surface area contributed by atoms with Crippen molar-refractivity contribution in [1.82, 2.24) is 10.2 Å². The van der Waals surface area contributed by atoms with Gasteiger partial charge in [-0.1, -0.05) is 0 Å². The van der Waals surface area contributed by atoms with Crippen molar-refractivity contribution >= 4 is 18.3 Å². The van der Waals surface area contributed by atoms with Gasteiger partial charge < -0.3 is 15.0 Å². The molecule has 1 unspecified atom stereocenters. The van der Waals surface area contributed by atoms with Gasteiger partial charge in [0, 0.05) is 38.4 Å². The Hall–Kier alpha value is -1.40. The molecule has 2 aliphatic heterocycles. The minimum absolute atomic E-state index is 0. The van der Waals surface area contributed by atoms with Gasteiger partial charge in [-0.05, 0) is 44.0 Å². The number of nitrogens with zero attached hydrogens (tertiary/aromatic N) is 1. The molecule has 140 valence electrons. The third kappa shape index (κ3) is 5.54. The number of likely N-dealkylation sites (tertiary alicyclic amines) is 1. The summed E-state index contributed by atoms with van der Waals surface area (Å²) < 4.78 is 32.2. The Morgan fingerprint density at radius 3 is 2.64 bits per heavy atom. The molecule has 2 heterocycles. The van der Waals surface area contributed by atoms with E-state index in [0.29, 0.717) is 38.3 Å². The van der Waals surface area contributed by atoms with Crippen molar-refractivity contribution < 1.29 is 18.3 Å². The van der Waals surface area contributed by atoms with Gasteiger partial charge in [-0.3, -0.25) is 4.79 Å². The zero-order valence-electron chi connectivity index (χ0n) is 14.2. The maximum Gasteiger partial charge on any atom is 0.222 e. The van der Waals surface area contributed by atoms with E-state index < -0.39 is 11.6 Å². The molecule has 2 aliphatic rings. The Morgan fingerprint density at radius 2 is 2.00 bits per heavy atom. The molecule has 0 saturated carbocycles. The van der Waals surface area contributed by atoms with Crippen LogP contribution in [0.2, 0.25) is 0 Å². The molecule has 7 heteroatoms. The van der Waals surface area contributed by atoms with E-state index in [1.165, 1.54) is 12.1 Å². The first-order valence-electron chi connectivity index (χ1n) is 8.72. The standard InChI is InChI=1S/C18H24F2N2O2.ClH/c19-14-2-3-17(16(20)11-14)24-15-6-9-22(10-7-15)18(23)4-1-13-5-8-21-12-13;/h2-3,11,13,15,21H,1,4-10,12H2;1H. The Kier molecular flexibility index (Phi) is 7.44. The van der Waals surface area contributed by atoms with Crippen molar-refractivity contribution in [2.75, 3.05) is 26.2 Å². The van der Waals surface area contributed by atoms with Crippen molar-refractivity contribution in [3.63, 3.8) is 0 Å². The monoisotopic (exact) mass is 374 g/mol. The van der Waals surface area contributed by atoms with Gasteiger partial charge in [0.25, 0.3) is 0 Å². The number of rotatable bonds is 5. The van der Waals surface area contributed by atoms with Crippen molar-refractivity contribution in [3.8, 4) is 5.75 Å². The van der Waals surface area contributed by atoms with Crippen LogP contribution in [0, 0.1) is 17.6 Å². The van der Waals surface area contributed by atoms with Crippen LogP contribution in [0.5, 0.6) is 5.75 Å². The first-order valence-corrected chi connectivity index (χ1v) is 8.72. The molecule has 0 spiro atoms. The molecular formula is C18H25ClF2N2O2. The summed E-state index contributed by atoms with van der Waals surface area (Å²) in [4.78, 5) is 14.2. The van der Waals surface area contributed by atoms with Gasteiger partial charge in [0.05, 0.1) is 0 Å². The Labute approximate surface area is 153 Å². The number of hydrogen-bond donors (Lipinski definition) is 1. The molecule has 4 nitrogen and oxygen atoms in total. The van der Waals surface area contributed by atoms with Crippen LogP contribution in [0.1, 0.15) is 32.1 Å². The number of nitrogens with one attached hydrogen (secondary N) is 1. The number of piperidine rings is 1. The van der Waals surface area contributed by atoms with Crippen molar-refractivity contribution in [1.29, 1.82) is 0 Å². The second-order valence-corrected chi connectivity index (χ2v) is 6.67. The summed E-state index contributed by atoms with van der Waals surface area (Å²) in [6, 6.07) is 3.33. The zero-order chi connectivity index (χ0) is 16.9. The number of carbonyl (C=O) groups is 1. The van der Waals surface area contributed by atoms with E-state index in [9.17, 15) is 13.6 Å². The Bertz CT molecular complexity index is 574. The predicted octanol–water partition coefficient (Wildman–Crippen LogP) is 3.15. The molecule has 25 heavy (non-hydrogen) atoms. The number of hydrogen-bond acceptors (Lipinski definition) is 3. The number of carbonyl (C=O) groups excluding carboxylic acids is 1. The van der Waals surface area contributed by atoms with Crippen LogP contribution in [-0.4, -0.2) is 43.1 Å². The SMILES string of the molecule is Cl.O=C(CCC1CCNC1)N1CCC(Oc2ccc(F)cc2F)CC1. The molecule has 1 N–H and O–H groups in total. The van der Waals surface area contributed by atoms with Gasteiger partial charge >= 0.3 is 0 Å². The quantitative estimate of drug-likeness (QED) is 0.860. The van der Waals surface area contributed by atoms with Gasteiger partial charge in [0.2, 0.25) is 5.91 Å². The highest BCUT2D eigenvalue weighted by atomic mass is 35.5. The molecule has 1 amide bonds. The van der Waals surface area contributed by atoms with E-state index in [4.69, 9.17) is 4.74 Å². The van der Waals surface area contributed by atoms with Crippen LogP contribution in [0.4, 0.5) is 8.78 Å². The number of halogens is 3. The smallest absolute Gasteiger partial charge is 0.222 e. The summed E-state index contributed by atoms with van der Waals surface area (Å²) in [5.74, 6) is -0.393. The first kappa shape index (κ1) is 19.9. The van der Waals surface area contributed by atoms with Crippen LogP contribution in [-0.2, 0) is 4.79 Å². The fourth-order valence-corrected chi connectivity index (χ4v) is 3.42. The first-order chi connectivity index (χ1) is 11.6. The van der Waals surface area contributed by atoms with Crippen LogP contribution in [0.3, 0.4) is 0 Å². The average Bonchev–Trinajstić information content (AvgIpc) is 3.09. The lowest BCUT2D eigenvalue weighted by atomic mass is 10.0. The summed E-state index contributed by atoms with van der Waals surface area (Å²) in [5.41, 5.74) is 0. The molecule has 3 rings (SSSR count). The number of amides is 1. The molecule has 0 aliphatic carbocycles. The maximum absolute atomic E-state index is 13.6. The normalized spacial score (nSPS) is 21.0. The Morgan fingerprint density at radius 1 is 1.24 bits per heavy atom. The van der Waals surface area contributed by atoms with E-state index in [1.807, 2.05) is 4.90 Å². The van der Waals surface area contributed by atoms with E-state index in [1.54, 1.807) is 0 Å². The highest BCUT2D eigenvalue weighted by Gasteiger charge is 2.25. The summed E-state index contributed by atoms with van der Waals surface area (Å²) >= 11 is 0. The Balaban J connectivity index is 0.00000225. The van der Waals surface area contributed by atoms with Crippen LogP contribution in [0.15, 0.2) is 18.2 Å². The molecule has 0 radical (unpaired) electrons. The minimum Gasteiger partial charge on any atom is -0.487 e. The van der Waals surface area contributed by atoms with Crippen molar-refractivity contribution in [2.24, 2.45) is 5.92 Å². The lowest BCUT2D eigenvalue weighted by Crippen LogP contribution is -2.41. The fraction of sp³-hybridized carbons (Fsp3) is 0.611. The summed E-state index contributed by atoms with van der Waals surface area (Å²) in [7, 11) is 0. The van der Waals surface area contributed by atoms with Gasteiger partial charge in [-0.25, -0.2) is 8.78 Å². The van der Waals surface area contributed by atoms with Crippen LogP contribution >= 0.6 is 12.4 Å². The molecule has 2 fully saturated rings. The minimum atomic E-state index is -0.682. The highest BCUT2D eigenvalue weighted by molar-refractivity contribution is 5.85. The van der Waals surface area contributed by atoms with E-state index in [-0.39, 0.29) is 30.2 Å². The van der Waals surface area contributed by atoms with E-state index in [0.717, 1.165) is 32.0 Å². The number of benzene rings is 1. The highest BCUT2D eigenvalue weighted by Crippen LogP contribution is 2.23. The van der Waals surface area contributed by atoms with Gasteiger partial charge in [-0.2, -0.15) is 0 Å². The second kappa shape index (κ2) is 9.34. The molecule has 1 aromatic carbocycles. The summed E-state index contributed by atoms with van der Waals surface area (Å²) in [6.07, 6.45) is 3.93. The fourth-order valence-electron chi connectivity index (χ4n) is 3.42. The van der Waals surface area contributed by atoms with Gasteiger partial charge in [0.15, 0.2) is 11.6 Å². The maximum atomic E-state index is 13.6. The third-order valence-electron chi connectivity index (χ3n) is 4.91. The average molecular weight is 375 g/mol. The van der Waals surface area contributed by atoms with E-state index in [2.05, 4.69) is 5.32 Å². The molecule has 0 aromatic heterocycles. The zero-order valence-corrected chi connectivity index (χ0v) is 15.0. The second-order valence-electron chi connectivity index (χ2n) is 6.67. The van der Waals surface area contributed by atoms with Crippen molar-refractivity contribution in [2.45, 2.75) is 38.2 Å². The lowest BCUT2D eigenvalue weighted by Gasteiger charge is -2.32. The van der Waals surface area contributed by atoms with Gasteiger partial charge in [-0.15, -0.1) is 12.4 Å². The third-order valence-corrected chi connectivity index (χ3v) is 4.91. The largest absolute Gasteiger partial charge is 0.487 e. The molecule has 0 bridgehead atoms. The van der Waals surface area contributed by atoms with Crippen molar-refractivity contribution in [3.05, 3.63) is 29.8 Å². The van der Waals surface area contributed by atoms with Gasteiger partial charge in [0.1, 0.15) is 11.9 Å². The van der Waals surface area contributed by atoms with E-state index >= 15 is 0 Å². The summed E-state index contributed by atoms with van der Waals surface area (Å²) in [6.45, 7) is 3.35.